The van der Waals surface area contributed by atoms with Crippen LogP contribution in [0.5, 0.6) is 5.75 Å². The molecule has 1 unspecified atom stereocenters. The molecule has 1 aliphatic heterocycles. The van der Waals surface area contributed by atoms with Crippen molar-refractivity contribution in [1.29, 1.82) is 0 Å². The van der Waals surface area contributed by atoms with Crippen molar-refractivity contribution < 1.29 is 9.84 Å². The van der Waals surface area contributed by atoms with Gasteiger partial charge in [-0.1, -0.05) is 0 Å². The molecule has 1 heterocycles. The van der Waals surface area contributed by atoms with Crippen LogP contribution >= 0.6 is 0 Å². The van der Waals surface area contributed by atoms with Crippen LogP contribution in [0, 0.1) is 0 Å². The highest BCUT2D eigenvalue weighted by Gasteiger charge is 2.22. The van der Waals surface area contributed by atoms with Crippen LogP contribution in [0.2, 0.25) is 0 Å². The summed E-state index contributed by atoms with van der Waals surface area (Å²) in [6.07, 6.45) is 3.38. The minimum absolute atomic E-state index is 0.193. The smallest absolute Gasteiger partial charge is 0.123 e. The quantitative estimate of drug-likeness (QED) is 0.803. The van der Waals surface area contributed by atoms with E-state index < -0.39 is 0 Å². The number of ether oxygens (including phenoxy) is 1. The average Bonchev–Trinajstić information content (AvgIpc) is 2.38. The maximum atomic E-state index is 9.46. The van der Waals surface area contributed by atoms with Crippen molar-refractivity contribution in [3.8, 4) is 5.75 Å². The predicted octanol–water partition coefficient (Wildman–Crippen LogP) is 2.02. The summed E-state index contributed by atoms with van der Waals surface area (Å²) in [5, 5.41) is 9.46. The lowest BCUT2D eigenvalue weighted by Gasteiger charge is -2.36. The molecule has 4 heteroatoms. The van der Waals surface area contributed by atoms with Crippen LogP contribution in [0.15, 0.2) is 18.2 Å². The summed E-state index contributed by atoms with van der Waals surface area (Å²) in [5.74, 6) is 0.801. The van der Waals surface area contributed by atoms with E-state index in [-0.39, 0.29) is 12.6 Å². The van der Waals surface area contributed by atoms with Crippen LogP contribution < -0.4 is 15.4 Å². The number of aliphatic hydroxyl groups excluding tert-OH is 1. The normalized spacial score (nSPS) is 19.9. The summed E-state index contributed by atoms with van der Waals surface area (Å²) in [7, 11) is 0. The molecular weight excluding hydrogens is 228 g/mol. The van der Waals surface area contributed by atoms with Crippen LogP contribution in [-0.4, -0.2) is 30.9 Å². The number of hydrogen-bond acceptors (Lipinski definition) is 4. The minimum Gasteiger partial charge on any atom is -0.494 e. The number of nitrogen functional groups attached to an aromatic ring is 1. The second kappa shape index (κ2) is 5.96. The Hall–Kier alpha value is -1.42. The van der Waals surface area contributed by atoms with Gasteiger partial charge in [-0.25, -0.2) is 0 Å². The number of aliphatic hydroxyl groups is 1. The van der Waals surface area contributed by atoms with E-state index in [0.29, 0.717) is 12.3 Å². The van der Waals surface area contributed by atoms with Crippen LogP contribution in [-0.2, 0) is 0 Å². The SMILES string of the molecule is CCOc1cc(N)cc(N2CCCCC2CO)c1. The van der Waals surface area contributed by atoms with Crippen molar-refractivity contribution in [2.45, 2.75) is 32.2 Å². The maximum Gasteiger partial charge on any atom is 0.123 e. The number of nitrogens with two attached hydrogens (primary N) is 1. The largest absolute Gasteiger partial charge is 0.494 e. The van der Waals surface area contributed by atoms with Gasteiger partial charge in [-0.3, -0.25) is 0 Å². The van der Waals surface area contributed by atoms with E-state index in [1.54, 1.807) is 0 Å². The summed E-state index contributed by atoms with van der Waals surface area (Å²) in [6, 6.07) is 6.00. The first-order valence-corrected chi connectivity index (χ1v) is 6.65. The van der Waals surface area contributed by atoms with Crippen LogP contribution in [0.3, 0.4) is 0 Å². The molecule has 3 N–H and O–H groups in total. The molecule has 18 heavy (non-hydrogen) atoms. The van der Waals surface area contributed by atoms with Gasteiger partial charge in [0.2, 0.25) is 0 Å². The van der Waals surface area contributed by atoms with Gasteiger partial charge in [-0.2, -0.15) is 0 Å². The standard InChI is InChI=1S/C14H22N2O2/c1-2-18-14-8-11(15)7-13(9-14)16-6-4-3-5-12(16)10-17/h7-9,12,17H,2-6,10,15H2,1H3. The third kappa shape index (κ3) is 2.88. The van der Waals surface area contributed by atoms with Crippen LogP contribution in [0.4, 0.5) is 11.4 Å². The fourth-order valence-corrected chi connectivity index (χ4v) is 2.55. The van der Waals surface area contributed by atoms with E-state index >= 15 is 0 Å². The number of hydrogen-bond donors (Lipinski definition) is 2. The second-order valence-electron chi connectivity index (χ2n) is 4.72. The Morgan fingerprint density at radius 3 is 2.94 bits per heavy atom. The molecule has 0 saturated carbocycles. The molecule has 1 saturated heterocycles. The van der Waals surface area contributed by atoms with Crippen LogP contribution in [0.25, 0.3) is 0 Å². The molecule has 0 spiro atoms. The minimum atomic E-state index is 0.193. The highest BCUT2D eigenvalue weighted by molar-refractivity contribution is 5.61. The molecule has 1 aromatic rings. The van der Waals surface area contributed by atoms with Gasteiger partial charge in [0, 0.05) is 30.1 Å². The molecule has 0 radical (unpaired) electrons. The Morgan fingerprint density at radius 2 is 2.22 bits per heavy atom. The first kappa shape index (κ1) is 13.0. The highest BCUT2D eigenvalue weighted by Crippen LogP contribution is 2.30. The second-order valence-corrected chi connectivity index (χ2v) is 4.72. The van der Waals surface area contributed by atoms with E-state index in [2.05, 4.69) is 4.90 Å². The Morgan fingerprint density at radius 1 is 1.39 bits per heavy atom. The number of anilines is 2. The lowest BCUT2D eigenvalue weighted by atomic mass is 10.0. The molecule has 0 bridgehead atoms. The van der Waals surface area contributed by atoms with E-state index in [1.165, 1.54) is 6.42 Å². The van der Waals surface area contributed by atoms with Gasteiger partial charge in [-0.05, 0) is 32.3 Å². The number of benzene rings is 1. The average molecular weight is 250 g/mol. The molecule has 1 fully saturated rings. The third-order valence-electron chi connectivity index (χ3n) is 3.39. The van der Waals surface area contributed by atoms with Gasteiger partial charge in [0.1, 0.15) is 5.75 Å². The molecule has 0 amide bonds. The van der Waals surface area contributed by atoms with Gasteiger partial charge >= 0.3 is 0 Å². The first-order valence-electron chi connectivity index (χ1n) is 6.65. The van der Waals surface area contributed by atoms with E-state index in [4.69, 9.17) is 10.5 Å². The fourth-order valence-electron chi connectivity index (χ4n) is 2.55. The molecule has 1 aromatic carbocycles. The maximum absolute atomic E-state index is 9.46. The van der Waals surface area contributed by atoms with E-state index in [0.717, 1.165) is 30.8 Å². The Balaban J connectivity index is 2.24. The zero-order valence-electron chi connectivity index (χ0n) is 10.9. The fraction of sp³-hybridized carbons (Fsp3) is 0.571. The third-order valence-corrected chi connectivity index (χ3v) is 3.39. The molecule has 4 nitrogen and oxygen atoms in total. The van der Waals surface area contributed by atoms with E-state index in [9.17, 15) is 5.11 Å². The van der Waals surface area contributed by atoms with Crippen molar-refractivity contribution >= 4 is 11.4 Å². The summed E-state index contributed by atoms with van der Waals surface area (Å²) < 4.78 is 5.52. The molecule has 100 valence electrons. The zero-order valence-corrected chi connectivity index (χ0v) is 10.9. The van der Waals surface area contributed by atoms with Crippen molar-refractivity contribution in [2.75, 3.05) is 30.4 Å². The lowest BCUT2D eigenvalue weighted by molar-refractivity contribution is 0.240. The Kier molecular flexibility index (Phi) is 4.31. The van der Waals surface area contributed by atoms with Crippen LogP contribution in [0.1, 0.15) is 26.2 Å². The van der Waals surface area contributed by atoms with E-state index in [1.807, 2.05) is 25.1 Å². The molecule has 0 aromatic heterocycles. The van der Waals surface area contributed by atoms with Crippen molar-refractivity contribution in [3.63, 3.8) is 0 Å². The van der Waals surface area contributed by atoms with Crippen molar-refractivity contribution in [1.82, 2.24) is 0 Å². The zero-order chi connectivity index (χ0) is 13.0. The molecule has 1 aliphatic rings. The summed E-state index contributed by atoms with van der Waals surface area (Å²) >= 11 is 0. The molecule has 0 aliphatic carbocycles. The Labute approximate surface area is 108 Å². The first-order chi connectivity index (χ1) is 8.74. The molecular formula is C14H22N2O2. The lowest BCUT2D eigenvalue weighted by Crippen LogP contribution is -2.41. The number of piperidine rings is 1. The van der Waals surface area contributed by atoms with Gasteiger partial charge < -0.3 is 20.5 Å². The number of rotatable bonds is 4. The van der Waals surface area contributed by atoms with Gasteiger partial charge in [0.25, 0.3) is 0 Å². The monoisotopic (exact) mass is 250 g/mol. The van der Waals surface area contributed by atoms with Crippen molar-refractivity contribution in [2.24, 2.45) is 0 Å². The Bertz CT molecular complexity index is 395. The molecule has 1 atom stereocenters. The van der Waals surface area contributed by atoms with Crippen molar-refractivity contribution in [3.05, 3.63) is 18.2 Å². The van der Waals surface area contributed by atoms with Gasteiger partial charge in [0.15, 0.2) is 0 Å². The topological polar surface area (TPSA) is 58.7 Å². The van der Waals surface area contributed by atoms with Gasteiger partial charge in [-0.15, -0.1) is 0 Å². The summed E-state index contributed by atoms with van der Waals surface area (Å²) in [6.45, 7) is 3.76. The van der Waals surface area contributed by atoms with Gasteiger partial charge in [0.05, 0.1) is 19.3 Å². The highest BCUT2D eigenvalue weighted by atomic mass is 16.5. The predicted molar refractivity (Wildman–Crippen MR) is 74.1 cm³/mol. The number of nitrogens with zero attached hydrogens (tertiary/aromatic N) is 1. The summed E-state index contributed by atoms with van der Waals surface area (Å²) in [4.78, 5) is 2.24. The summed E-state index contributed by atoms with van der Waals surface area (Å²) in [5.41, 5.74) is 7.67. The molecule has 2 rings (SSSR count).